The molecule has 4 rings (SSSR count). The summed E-state index contributed by atoms with van der Waals surface area (Å²) in [6.07, 6.45) is 0. The molecule has 1 aromatic heterocycles. The fourth-order valence-corrected chi connectivity index (χ4v) is 2.71. The van der Waals surface area contributed by atoms with Gasteiger partial charge in [-0.25, -0.2) is 0 Å². The highest BCUT2D eigenvalue weighted by molar-refractivity contribution is 5.75. The highest BCUT2D eigenvalue weighted by atomic mass is 16.3. The highest BCUT2D eigenvalue weighted by Gasteiger charge is 2.12. The summed E-state index contributed by atoms with van der Waals surface area (Å²) >= 11 is 0. The molecule has 3 aromatic carbocycles. The molecule has 1 heteroatoms. The number of rotatable bonds is 2. The smallest absolute Gasteiger partial charge is 0.185 e. The zero-order chi connectivity index (χ0) is 16.9. The Morgan fingerprint density at radius 2 is 1.12 bits per heavy atom. The minimum Gasteiger partial charge on any atom is -0.447 e. The van der Waals surface area contributed by atoms with Gasteiger partial charge < -0.3 is 4.42 Å². The summed E-state index contributed by atoms with van der Waals surface area (Å²) in [6, 6.07) is 32.3. The molecule has 0 fully saturated rings. The Kier molecular flexibility index (Phi) is 4.18. The normalized spacial score (nSPS) is 10.1. The maximum Gasteiger partial charge on any atom is 0.185 e. The third-order valence-corrected chi connectivity index (χ3v) is 3.97. The monoisotopic (exact) mass is 320 g/mol. The number of furan rings is 1. The van der Waals surface area contributed by atoms with Crippen LogP contribution in [-0.2, 0) is 0 Å². The summed E-state index contributed by atoms with van der Waals surface area (Å²) in [6.45, 7) is 0. The number of hydrogen-bond acceptors (Lipinski definition) is 1. The van der Waals surface area contributed by atoms with Crippen molar-refractivity contribution < 1.29 is 4.42 Å². The zero-order valence-corrected chi connectivity index (χ0v) is 13.6. The van der Waals surface area contributed by atoms with Crippen molar-refractivity contribution in [2.45, 2.75) is 0 Å². The molecule has 1 heterocycles. The van der Waals surface area contributed by atoms with Crippen LogP contribution in [0.5, 0.6) is 0 Å². The molecule has 25 heavy (non-hydrogen) atoms. The van der Waals surface area contributed by atoms with Gasteiger partial charge in [0.05, 0.1) is 0 Å². The van der Waals surface area contributed by atoms with Crippen LogP contribution >= 0.6 is 0 Å². The van der Waals surface area contributed by atoms with Gasteiger partial charge in [0.15, 0.2) is 5.76 Å². The Hall–Kier alpha value is -3.50. The van der Waals surface area contributed by atoms with Crippen molar-refractivity contribution in [3.05, 3.63) is 108 Å². The van der Waals surface area contributed by atoms with E-state index in [1.165, 1.54) is 0 Å². The first kappa shape index (κ1) is 15.1. The molecule has 4 aromatic rings. The van der Waals surface area contributed by atoms with Crippen molar-refractivity contribution in [2.24, 2.45) is 0 Å². The lowest BCUT2D eigenvalue weighted by Gasteiger charge is -1.96. The van der Waals surface area contributed by atoms with E-state index in [0.717, 1.165) is 28.0 Å². The van der Waals surface area contributed by atoms with Crippen molar-refractivity contribution in [1.82, 2.24) is 0 Å². The van der Waals surface area contributed by atoms with Crippen molar-refractivity contribution in [3.63, 3.8) is 0 Å². The molecular formula is C24H16O. The molecule has 0 saturated heterocycles. The van der Waals surface area contributed by atoms with E-state index in [4.69, 9.17) is 4.42 Å². The predicted octanol–water partition coefficient (Wildman–Crippen LogP) is 6.01. The van der Waals surface area contributed by atoms with E-state index >= 15 is 0 Å². The minimum atomic E-state index is 0.689. The molecule has 0 unspecified atom stereocenters. The predicted molar refractivity (Wildman–Crippen MR) is 102 cm³/mol. The zero-order valence-electron chi connectivity index (χ0n) is 13.6. The molecule has 0 N–H and O–H groups in total. The lowest BCUT2D eigenvalue weighted by Crippen LogP contribution is -1.78. The van der Waals surface area contributed by atoms with E-state index in [-0.39, 0.29) is 0 Å². The second-order valence-corrected chi connectivity index (χ2v) is 5.70. The Labute approximate surface area is 147 Å². The molecule has 0 spiro atoms. The van der Waals surface area contributed by atoms with Gasteiger partial charge in [-0.2, -0.15) is 0 Å². The first-order valence-corrected chi connectivity index (χ1v) is 8.22. The third kappa shape index (κ3) is 3.39. The molecule has 0 radical (unpaired) electrons. The molecule has 118 valence electrons. The largest absolute Gasteiger partial charge is 0.447 e. The maximum absolute atomic E-state index is 6.10. The third-order valence-electron chi connectivity index (χ3n) is 3.97. The quantitative estimate of drug-likeness (QED) is 0.412. The van der Waals surface area contributed by atoms with Gasteiger partial charge in [0.25, 0.3) is 0 Å². The molecule has 0 aliphatic heterocycles. The Morgan fingerprint density at radius 1 is 0.560 bits per heavy atom. The summed E-state index contributed by atoms with van der Waals surface area (Å²) in [4.78, 5) is 0. The summed E-state index contributed by atoms with van der Waals surface area (Å²) in [7, 11) is 0. The average molecular weight is 320 g/mol. The van der Waals surface area contributed by atoms with Crippen LogP contribution in [0.15, 0.2) is 101 Å². The van der Waals surface area contributed by atoms with Crippen LogP contribution in [0.1, 0.15) is 11.3 Å². The molecule has 0 aliphatic carbocycles. The molecule has 0 atom stereocenters. The topological polar surface area (TPSA) is 13.1 Å². The van der Waals surface area contributed by atoms with Gasteiger partial charge in [-0.05, 0) is 29.7 Å². The number of hydrogen-bond donors (Lipinski definition) is 0. The lowest BCUT2D eigenvalue weighted by molar-refractivity contribution is 0.570. The van der Waals surface area contributed by atoms with Crippen molar-refractivity contribution in [1.29, 1.82) is 0 Å². The van der Waals surface area contributed by atoms with Gasteiger partial charge in [-0.15, -0.1) is 0 Å². The van der Waals surface area contributed by atoms with Crippen molar-refractivity contribution >= 4 is 0 Å². The fraction of sp³-hybridized carbons (Fsp3) is 0. The first-order chi connectivity index (χ1) is 12.4. The molecule has 0 aliphatic rings. The molecular weight excluding hydrogens is 304 g/mol. The standard InChI is InChI=1S/C24H16O/c1-4-10-19(11-5-1)16-17-23-22(20-12-6-2-7-13-20)18-24(25-23)21-14-8-3-9-15-21/h1-15,18H. The van der Waals surface area contributed by atoms with Crippen LogP contribution in [-0.4, -0.2) is 0 Å². The van der Waals surface area contributed by atoms with Crippen LogP contribution in [0.4, 0.5) is 0 Å². The van der Waals surface area contributed by atoms with E-state index in [2.05, 4.69) is 30.0 Å². The van der Waals surface area contributed by atoms with Gasteiger partial charge in [-0.1, -0.05) is 84.8 Å². The van der Waals surface area contributed by atoms with Crippen molar-refractivity contribution in [3.8, 4) is 34.3 Å². The van der Waals surface area contributed by atoms with Gasteiger partial charge in [-0.3, -0.25) is 0 Å². The minimum absolute atomic E-state index is 0.689. The summed E-state index contributed by atoms with van der Waals surface area (Å²) in [5.74, 6) is 7.91. The summed E-state index contributed by atoms with van der Waals surface area (Å²) in [5.41, 5.74) is 4.14. The van der Waals surface area contributed by atoms with Crippen LogP contribution in [0, 0.1) is 11.8 Å². The van der Waals surface area contributed by atoms with Crippen LogP contribution < -0.4 is 0 Å². The van der Waals surface area contributed by atoms with Crippen LogP contribution in [0.25, 0.3) is 22.5 Å². The summed E-state index contributed by atoms with van der Waals surface area (Å²) < 4.78 is 6.10. The maximum atomic E-state index is 6.10. The van der Waals surface area contributed by atoms with Gasteiger partial charge in [0, 0.05) is 16.7 Å². The first-order valence-electron chi connectivity index (χ1n) is 8.22. The van der Waals surface area contributed by atoms with Crippen molar-refractivity contribution in [2.75, 3.05) is 0 Å². The Balaban J connectivity index is 1.82. The Morgan fingerprint density at radius 3 is 1.76 bits per heavy atom. The van der Waals surface area contributed by atoms with Gasteiger partial charge >= 0.3 is 0 Å². The lowest BCUT2D eigenvalue weighted by atomic mass is 10.0. The number of benzene rings is 3. The summed E-state index contributed by atoms with van der Waals surface area (Å²) in [5, 5.41) is 0. The van der Waals surface area contributed by atoms with E-state index in [1.807, 2.05) is 78.9 Å². The van der Waals surface area contributed by atoms with Crippen LogP contribution in [0.2, 0.25) is 0 Å². The Bertz CT molecular complexity index is 1020. The van der Waals surface area contributed by atoms with Crippen LogP contribution in [0.3, 0.4) is 0 Å². The molecule has 0 saturated carbocycles. The van der Waals surface area contributed by atoms with Gasteiger partial charge in [0.2, 0.25) is 0 Å². The highest BCUT2D eigenvalue weighted by Crippen LogP contribution is 2.32. The molecule has 0 amide bonds. The second kappa shape index (κ2) is 6.95. The van der Waals surface area contributed by atoms with E-state index in [0.29, 0.717) is 5.76 Å². The van der Waals surface area contributed by atoms with E-state index < -0.39 is 0 Å². The molecule has 0 bridgehead atoms. The fourth-order valence-electron chi connectivity index (χ4n) is 2.71. The second-order valence-electron chi connectivity index (χ2n) is 5.70. The average Bonchev–Trinajstić information content (AvgIpc) is 3.13. The van der Waals surface area contributed by atoms with E-state index in [9.17, 15) is 0 Å². The molecule has 1 nitrogen and oxygen atoms in total. The van der Waals surface area contributed by atoms with E-state index in [1.54, 1.807) is 0 Å². The SMILES string of the molecule is C(#Cc1oc(-c2ccccc2)cc1-c1ccccc1)c1ccccc1. The van der Waals surface area contributed by atoms with Gasteiger partial charge in [0.1, 0.15) is 5.76 Å².